The summed E-state index contributed by atoms with van der Waals surface area (Å²) in [4.78, 5) is 2.50. The van der Waals surface area contributed by atoms with Gasteiger partial charge < -0.3 is 15.3 Å². The topological polar surface area (TPSA) is 35.5 Å². The van der Waals surface area contributed by atoms with Gasteiger partial charge in [-0.15, -0.1) is 0 Å². The predicted octanol–water partition coefficient (Wildman–Crippen LogP) is 3.19. The third-order valence-electron chi connectivity index (χ3n) is 5.27. The summed E-state index contributed by atoms with van der Waals surface area (Å²) in [5.41, 5.74) is 1.32. The molecule has 1 aromatic carbocycles. The van der Waals surface area contributed by atoms with Crippen LogP contribution in [0.15, 0.2) is 30.3 Å². The van der Waals surface area contributed by atoms with Gasteiger partial charge >= 0.3 is 0 Å². The summed E-state index contributed by atoms with van der Waals surface area (Å²) < 4.78 is 0. The molecular weight excluding hydrogens is 272 g/mol. The Morgan fingerprint density at radius 2 is 1.77 bits per heavy atom. The molecule has 1 heterocycles. The third kappa shape index (κ3) is 4.23. The summed E-state index contributed by atoms with van der Waals surface area (Å²) >= 11 is 0. The second kappa shape index (κ2) is 7.98. The Balaban J connectivity index is 1.64. The fraction of sp³-hybridized carbons (Fsp3) is 0.684. The monoisotopic (exact) mass is 302 g/mol. The Morgan fingerprint density at radius 3 is 2.50 bits per heavy atom. The molecule has 2 fully saturated rings. The molecule has 1 aliphatic heterocycles. The molecule has 2 N–H and O–H groups in total. The number of piperidine rings is 1. The predicted molar refractivity (Wildman–Crippen MR) is 92.3 cm³/mol. The number of hydrogen-bond acceptors (Lipinski definition) is 3. The SMILES string of the molecule is OCCC1CC(NC2CCCCC2)CN(c2ccccc2)C1. The normalized spacial score (nSPS) is 27.0. The van der Waals surface area contributed by atoms with Crippen molar-refractivity contribution in [1.29, 1.82) is 0 Å². The van der Waals surface area contributed by atoms with Crippen molar-refractivity contribution in [1.82, 2.24) is 5.32 Å². The van der Waals surface area contributed by atoms with Crippen LogP contribution in [0.3, 0.4) is 0 Å². The van der Waals surface area contributed by atoms with Crippen LogP contribution >= 0.6 is 0 Å². The van der Waals surface area contributed by atoms with Crippen LogP contribution in [0.2, 0.25) is 0 Å². The van der Waals surface area contributed by atoms with Crippen LogP contribution in [-0.2, 0) is 0 Å². The molecule has 0 aromatic heterocycles. The van der Waals surface area contributed by atoms with Crippen LogP contribution in [0.4, 0.5) is 5.69 Å². The molecule has 1 saturated heterocycles. The van der Waals surface area contributed by atoms with Gasteiger partial charge in [-0.2, -0.15) is 0 Å². The smallest absolute Gasteiger partial charge is 0.0434 e. The molecule has 0 bridgehead atoms. The Bertz CT molecular complexity index is 430. The van der Waals surface area contributed by atoms with Gasteiger partial charge in [-0.1, -0.05) is 37.5 Å². The lowest BCUT2D eigenvalue weighted by atomic mass is 9.89. The molecule has 1 saturated carbocycles. The van der Waals surface area contributed by atoms with Gasteiger partial charge in [0.15, 0.2) is 0 Å². The van der Waals surface area contributed by atoms with Crippen molar-refractivity contribution in [2.75, 3.05) is 24.6 Å². The quantitative estimate of drug-likeness (QED) is 0.877. The molecule has 3 heteroatoms. The molecule has 1 aromatic rings. The van der Waals surface area contributed by atoms with E-state index in [1.807, 2.05) is 0 Å². The lowest BCUT2D eigenvalue weighted by molar-refractivity contribution is 0.219. The first-order chi connectivity index (χ1) is 10.8. The standard InChI is InChI=1S/C19H30N2O/c22-12-11-16-13-18(20-17-7-3-1-4-8-17)15-21(14-16)19-9-5-2-6-10-19/h2,5-6,9-10,16-18,20,22H,1,3-4,7-8,11-15H2. The molecule has 22 heavy (non-hydrogen) atoms. The van der Waals surface area contributed by atoms with E-state index in [2.05, 4.69) is 40.5 Å². The minimum absolute atomic E-state index is 0.309. The number of rotatable bonds is 5. The van der Waals surface area contributed by atoms with Crippen molar-refractivity contribution < 1.29 is 5.11 Å². The summed E-state index contributed by atoms with van der Waals surface area (Å²) in [7, 11) is 0. The molecule has 3 nitrogen and oxygen atoms in total. The fourth-order valence-corrected chi connectivity index (χ4v) is 4.17. The molecule has 0 spiro atoms. The molecule has 2 aliphatic rings. The molecular formula is C19H30N2O. The Morgan fingerprint density at radius 1 is 1.00 bits per heavy atom. The third-order valence-corrected chi connectivity index (χ3v) is 5.27. The van der Waals surface area contributed by atoms with Crippen molar-refractivity contribution in [3.8, 4) is 0 Å². The summed E-state index contributed by atoms with van der Waals surface area (Å²) in [5, 5.41) is 13.3. The van der Waals surface area contributed by atoms with Crippen molar-refractivity contribution in [2.45, 2.75) is 57.0 Å². The number of hydrogen-bond donors (Lipinski definition) is 2. The Labute approximate surface area is 134 Å². The van der Waals surface area contributed by atoms with E-state index in [9.17, 15) is 5.11 Å². The molecule has 122 valence electrons. The maximum atomic E-state index is 9.34. The number of nitrogens with zero attached hydrogens (tertiary/aromatic N) is 1. The van der Waals surface area contributed by atoms with E-state index in [0.717, 1.165) is 19.5 Å². The van der Waals surface area contributed by atoms with E-state index in [4.69, 9.17) is 0 Å². The van der Waals surface area contributed by atoms with Crippen LogP contribution in [0.25, 0.3) is 0 Å². The molecule has 1 aliphatic carbocycles. The first-order valence-electron chi connectivity index (χ1n) is 9.02. The van der Waals surface area contributed by atoms with Crippen LogP contribution in [0, 0.1) is 5.92 Å². The molecule has 0 radical (unpaired) electrons. The fourth-order valence-electron chi connectivity index (χ4n) is 4.17. The molecule has 2 atom stereocenters. The molecule has 2 unspecified atom stereocenters. The van der Waals surface area contributed by atoms with Crippen LogP contribution in [-0.4, -0.2) is 36.9 Å². The highest BCUT2D eigenvalue weighted by Gasteiger charge is 2.28. The number of nitrogens with one attached hydrogen (secondary N) is 1. The Hall–Kier alpha value is -1.06. The van der Waals surface area contributed by atoms with Crippen LogP contribution in [0.5, 0.6) is 0 Å². The summed E-state index contributed by atoms with van der Waals surface area (Å²) in [5.74, 6) is 0.597. The van der Waals surface area contributed by atoms with Gasteiger partial charge in [0.05, 0.1) is 0 Å². The Kier molecular flexibility index (Phi) is 5.74. The van der Waals surface area contributed by atoms with E-state index in [-0.39, 0.29) is 0 Å². The minimum Gasteiger partial charge on any atom is -0.396 e. The van der Waals surface area contributed by atoms with Crippen molar-refractivity contribution in [3.05, 3.63) is 30.3 Å². The summed E-state index contributed by atoms with van der Waals surface area (Å²) in [6.07, 6.45) is 8.98. The van der Waals surface area contributed by atoms with Gasteiger partial charge in [0, 0.05) is 37.5 Å². The number of aliphatic hydroxyl groups is 1. The second-order valence-corrected chi connectivity index (χ2v) is 7.05. The largest absolute Gasteiger partial charge is 0.396 e. The number of anilines is 1. The van der Waals surface area contributed by atoms with E-state index >= 15 is 0 Å². The van der Waals surface area contributed by atoms with Crippen molar-refractivity contribution in [3.63, 3.8) is 0 Å². The van der Waals surface area contributed by atoms with Gasteiger partial charge in [-0.05, 0) is 43.7 Å². The van der Waals surface area contributed by atoms with Crippen LogP contribution in [0.1, 0.15) is 44.9 Å². The number of benzene rings is 1. The van der Waals surface area contributed by atoms with Crippen LogP contribution < -0.4 is 10.2 Å². The van der Waals surface area contributed by atoms with Gasteiger partial charge in [-0.25, -0.2) is 0 Å². The lowest BCUT2D eigenvalue weighted by Gasteiger charge is -2.41. The average molecular weight is 302 g/mol. The zero-order valence-corrected chi connectivity index (χ0v) is 13.6. The molecule has 0 amide bonds. The van der Waals surface area contributed by atoms with Gasteiger partial charge in [0.2, 0.25) is 0 Å². The van der Waals surface area contributed by atoms with E-state index < -0.39 is 0 Å². The lowest BCUT2D eigenvalue weighted by Crippen LogP contribution is -2.52. The van der Waals surface area contributed by atoms with Crippen molar-refractivity contribution >= 4 is 5.69 Å². The van der Waals surface area contributed by atoms with E-state index in [0.29, 0.717) is 24.6 Å². The first kappa shape index (κ1) is 15.8. The van der Waals surface area contributed by atoms with E-state index in [1.54, 1.807) is 0 Å². The van der Waals surface area contributed by atoms with E-state index in [1.165, 1.54) is 44.2 Å². The van der Waals surface area contributed by atoms with Gasteiger partial charge in [0.1, 0.15) is 0 Å². The van der Waals surface area contributed by atoms with Crippen molar-refractivity contribution in [2.24, 2.45) is 5.92 Å². The first-order valence-corrected chi connectivity index (χ1v) is 9.02. The number of aliphatic hydroxyl groups excluding tert-OH is 1. The molecule has 3 rings (SSSR count). The average Bonchev–Trinajstić information content (AvgIpc) is 2.57. The maximum Gasteiger partial charge on any atom is 0.0434 e. The maximum absolute atomic E-state index is 9.34. The highest BCUT2D eigenvalue weighted by molar-refractivity contribution is 5.46. The highest BCUT2D eigenvalue weighted by Crippen LogP contribution is 2.26. The zero-order chi connectivity index (χ0) is 15.2. The van der Waals surface area contributed by atoms with Gasteiger partial charge in [-0.3, -0.25) is 0 Å². The summed E-state index contributed by atoms with van der Waals surface area (Å²) in [6, 6.07) is 12.0. The minimum atomic E-state index is 0.309. The summed E-state index contributed by atoms with van der Waals surface area (Å²) in [6.45, 7) is 2.49. The highest BCUT2D eigenvalue weighted by atomic mass is 16.3. The van der Waals surface area contributed by atoms with Gasteiger partial charge in [0.25, 0.3) is 0 Å². The number of para-hydroxylation sites is 1. The zero-order valence-electron chi connectivity index (χ0n) is 13.6. The second-order valence-electron chi connectivity index (χ2n) is 7.05.